The van der Waals surface area contributed by atoms with Crippen molar-refractivity contribution in [1.82, 2.24) is 10.2 Å². The maximum Gasteiger partial charge on any atom is 0.236 e. The summed E-state index contributed by atoms with van der Waals surface area (Å²) in [5.41, 5.74) is 5.74. The van der Waals surface area contributed by atoms with Crippen LogP contribution in [-0.2, 0) is 4.79 Å². The standard InChI is InChI=1S/C13H29N3O/c1-6-7-12(14)13(17)15-8-9-16(10(2)3)11(4)5/h10-12H,6-9,14H2,1-5H3,(H,15,17)/t12-/m1/s1. The first kappa shape index (κ1) is 16.4. The van der Waals surface area contributed by atoms with Gasteiger partial charge in [0.05, 0.1) is 6.04 Å². The first-order valence-corrected chi connectivity index (χ1v) is 6.69. The minimum Gasteiger partial charge on any atom is -0.353 e. The Morgan fingerprint density at radius 2 is 1.76 bits per heavy atom. The minimum atomic E-state index is -0.355. The molecule has 0 aliphatic heterocycles. The molecular weight excluding hydrogens is 214 g/mol. The van der Waals surface area contributed by atoms with Gasteiger partial charge in [-0.1, -0.05) is 13.3 Å². The van der Waals surface area contributed by atoms with Crippen molar-refractivity contribution >= 4 is 5.91 Å². The van der Waals surface area contributed by atoms with Gasteiger partial charge in [0.1, 0.15) is 0 Å². The van der Waals surface area contributed by atoms with E-state index in [-0.39, 0.29) is 11.9 Å². The maximum absolute atomic E-state index is 11.6. The zero-order valence-corrected chi connectivity index (χ0v) is 12.0. The molecule has 0 rings (SSSR count). The van der Waals surface area contributed by atoms with Gasteiger partial charge >= 0.3 is 0 Å². The molecule has 1 atom stereocenters. The molecular formula is C13H29N3O. The molecule has 0 bridgehead atoms. The first-order valence-electron chi connectivity index (χ1n) is 6.69. The molecule has 1 amide bonds. The zero-order chi connectivity index (χ0) is 13.4. The van der Waals surface area contributed by atoms with E-state index in [2.05, 4.69) is 37.9 Å². The van der Waals surface area contributed by atoms with E-state index < -0.39 is 0 Å². The summed E-state index contributed by atoms with van der Waals surface area (Å²) in [4.78, 5) is 14.0. The van der Waals surface area contributed by atoms with Gasteiger partial charge in [-0.3, -0.25) is 9.69 Å². The van der Waals surface area contributed by atoms with Crippen LogP contribution in [0.4, 0.5) is 0 Å². The fraction of sp³-hybridized carbons (Fsp3) is 0.923. The molecule has 0 unspecified atom stereocenters. The van der Waals surface area contributed by atoms with Crippen LogP contribution in [0, 0.1) is 0 Å². The van der Waals surface area contributed by atoms with Crippen LogP contribution in [0.15, 0.2) is 0 Å². The van der Waals surface area contributed by atoms with Crippen molar-refractivity contribution in [3.63, 3.8) is 0 Å². The summed E-state index contributed by atoms with van der Waals surface area (Å²) in [5.74, 6) is -0.0284. The lowest BCUT2D eigenvalue weighted by molar-refractivity contribution is -0.122. The van der Waals surface area contributed by atoms with Gasteiger partial charge in [0.25, 0.3) is 0 Å². The van der Waals surface area contributed by atoms with E-state index in [0.29, 0.717) is 18.6 Å². The molecule has 0 heterocycles. The van der Waals surface area contributed by atoms with Gasteiger partial charge in [-0.05, 0) is 34.1 Å². The van der Waals surface area contributed by atoms with E-state index in [1.54, 1.807) is 0 Å². The van der Waals surface area contributed by atoms with Crippen LogP contribution in [0.3, 0.4) is 0 Å². The zero-order valence-electron chi connectivity index (χ0n) is 12.0. The molecule has 17 heavy (non-hydrogen) atoms. The molecule has 0 aliphatic carbocycles. The molecule has 3 N–H and O–H groups in total. The van der Waals surface area contributed by atoms with E-state index in [9.17, 15) is 4.79 Å². The molecule has 0 aromatic carbocycles. The second-order valence-corrected chi connectivity index (χ2v) is 5.11. The second-order valence-electron chi connectivity index (χ2n) is 5.11. The van der Waals surface area contributed by atoms with Crippen LogP contribution in [0.1, 0.15) is 47.5 Å². The molecule has 0 saturated heterocycles. The Balaban J connectivity index is 3.92. The van der Waals surface area contributed by atoms with Crippen LogP contribution in [0.5, 0.6) is 0 Å². The Morgan fingerprint density at radius 1 is 1.24 bits per heavy atom. The third-order valence-electron chi connectivity index (χ3n) is 2.93. The van der Waals surface area contributed by atoms with Gasteiger partial charge in [-0.2, -0.15) is 0 Å². The van der Waals surface area contributed by atoms with E-state index in [0.717, 1.165) is 19.4 Å². The third kappa shape index (κ3) is 6.64. The van der Waals surface area contributed by atoms with Gasteiger partial charge < -0.3 is 11.1 Å². The molecule has 0 aromatic heterocycles. The lowest BCUT2D eigenvalue weighted by Crippen LogP contribution is -2.46. The number of carbonyl (C=O) groups is 1. The lowest BCUT2D eigenvalue weighted by Gasteiger charge is -2.30. The highest BCUT2D eigenvalue weighted by atomic mass is 16.2. The van der Waals surface area contributed by atoms with Gasteiger partial charge in [0, 0.05) is 25.2 Å². The van der Waals surface area contributed by atoms with E-state index >= 15 is 0 Å². The smallest absolute Gasteiger partial charge is 0.236 e. The molecule has 102 valence electrons. The topological polar surface area (TPSA) is 58.4 Å². The molecule has 0 saturated carbocycles. The number of nitrogens with zero attached hydrogens (tertiary/aromatic N) is 1. The molecule has 4 heteroatoms. The summed E-state index contributed by atoms with van der Waals surface area (Å²) >= 11 is 0. The second kappa shape index (κ2) is 8.48. The summed E-state index contributed by atoms with van der Waals surface area (Å²) in [5, 5.41) is 2.90. The summed E-state index contributed by atoms with van der Waals surface area (Å²) in [6.07, 6.45) is 1.70. The lowest BCUT2D eigenvalue weighted by atomic mass is 10.1. The van der Waals surface area contributed by atoms with Crippen molar-refractivity contribution in [2.45, 2.75) is 65.6 Å². The van der Waals surface area contributed by atoms with Crippen molar-refractivity contribution in [1.29, 1.82) is 0 Å². The van der Waals surface area contributed by atoms with Crippen molar-refractivity contribution < 1.29 is 4.79 Å². The van der Waals surface area contributed by atoms with E-state index in [4.69, 9.17) is 5.73 Å². The fourth-order valence-electron chi connectivity index (χ4n) is 1.99. The number of carbonyl (C=O) groups excluding carboxylic acids is 1. The molecule has 0 aliphatic rings. The van der Waals surface area contributed by atoms with Gasteiger partial charge in [-0.15, -0.1) is 0 Å². The molecule has 0 aromatic rings. The van der Waals surface area contributed by atoms with E-state index in [1.165, 1.54) is 0 Å². The third-order valence-corrected chi connectivity index (χ3v) is 2.93. The fourth-order valence-corrected chi connectivity index (χ4v) is 1.99. The average Bonchev–Trinajstić information content (AvgIpc) is 2.23. The summed E-state index contributed by atoms with van der Waals surface area (Å²) in [7, 11) is 0. The monoisotopic (exact) mass is 243 g/mol. The Kier molecular flexibility index (Phi) is 8.17. The quantitative estimate of drug-likeness (QED) is 0.676. The van der Waals surface area contributed by atoms with Crippen LogP contribution in [0.25, 0.3) is 0 Å². The van der Waals surface area contributed by atoms with Crippen LogP contribution in [0.2, 0.25) is 0 Å². The molecule has 0 spiro atoms. The highest BCUT2D eigenvalue weighted by Crippen LogP contribution is 2.03. The minimum absolute atomic E-state index is 0.0284. The summed E-state index contributed by atoms with van der Waals surface area (Å²) < 4.78 is 0. The SMILES string of the molecule is CCC[C@@H](N)C(=O)NCCN(C(C)C)C(C)C. The van der Waals surface area contributed by atoms with Crippen LogP contribution in [-0.4, -0.2) is 42.0 Å². The highest BCUT2D eigenvalue weighted by Gasteiger charge is 2.15. The summed E-state index contributed by atoms with van der Waals surface area (Å²) in [6, 6.07) is 0.638. The number of nitrogens with one attached hydrogen (secondary N) is 1. The normalized spacial score (nSPS) is 13.5. The van der Waals surface area contributed by atoms with Gasteiger partial charge in [-0.25, -0.2) is 0 Å². The predicted molar refractivity (Wildman–Crippen MR) is 72.9 cm³/mol. The number of amides is 1. The Labute approximate surface area is 106 Å². The number of hydrogen-bond donors (Lipinski definition) is 2. The van der Waals surface area contributed by atoms with Crippen molar-refractivity contribution in [3.8, 4) is 0 Å². The first-order chi connectivity index (χ1) is 7.90. The number of nitrogens with two attached hydrogens (primary N) is 1. The molecule has 4 nitrogen and oxygen atoms in total. The van der Waals surface area contributed by atoms with Crippen LogP contribution >= 0.6 is 0 Å². The Bertz CT molecular complexity index is 209. The largest absolute Gasteiger partial charge is 0.353 e. The van der Waals surface area contributed by atoms with Gasteiger partial charge in [0.15, 0.2) is 0 Å². The number of rotatable bonds is 8. The molecule has 0 radical (unpaired) electrons. The highest BCUT2D eigenvalue weighted by molar-refractivity contribution is 5.81. The Hall–Kier alpha value is -0.610. The van der Waals surface area contributed by atoms with Crippen molar-refractivity contribution in [3.05, 3.63) is 0 Å². The summed E-state index contributed by atoms with van der Waals surface area (Å²) in [6.45, 7) is 12.3. The Morgan fingerprint density at radius 3 is 2.18 bits per heavy atom. The van der Waals surface area contributed by atoms with Gasteiger partial charge in [0.2, 0.25) is 5.91 Å². The van der Waals surface area contributed by atoms with Crippen LogP contribution < -0.4 is 11.1 Å². The predicted octanol–water partition coefficient (Wildman–Crippen LogP) is 1.35. The average molecular weight is 243 g/mol. The number of hydrogen-bond acceptors (Lipinski definition) is 3. The van der Waals surface area contributed by atoms with Crippen molar-refractivity contribution in [2.24, 2.45) is 5.73 Å². The maximum atomic E-state index is 11.6. The van der Waals surface area contributed by atoms with Crippen molar-refractivity contribution in [2.75, 3.05) is 13.1 Å². The van der Waals surface area contributed by atoms with E-state index in [1.807, 2.05) is 6.92 Å². The molecule has 0 fully saturated rings.